The Morgan fingerprint density at radius 1 is 1.00 bits per heavy atom. The molecular weight excluding hydrogens is 653 g/mol. The first-order valence-corrected chi connectivity index (χ1v) is 15.0. The standard InChI is InChI=1S/C30H24ClF3N12O2/c1-16-3-2-4-24(21-9-17(7-8-35-21)27-22(39-28(16)48)12-46(42-27)29-36-14-38-41-29)44-15-37-20(11-26(44)47)19-10-18(31)5-6-23(19)45-13-25(40-43-45)30(32,33)34/h5-16,24H,2-4H2,1H3,(H,39,48)(H,36,38,41). The summed E-state index contributed by atoms with van der Waals surface area (Å²) in [5.74, 6) is -0.188. The molecule has 2 atom stereocenters. The highest BCUT2D eigenvalue weighted by atomic mass is 35.5. The van der Waals surface area contributed by atoms with E-state index in [4.69, 9.17) is 11.6 Å². The number of amides is 1. The quantitative estimate of drug-likeness (QED) is 0.265. The summed E-state index contributed by atoms with van der Waals surface area (Å²) >= 11 is 6.25. The van der Waals surface area contributed by atoms with Gasteiger partial charge in [-0.2, -0.15) is 28.4 Å². The van der Waals surface area contributed by atoms with Crippen LogP contribution >= 0.6 is 11.6 Å². The number of H-pyrrole nitrogens is 1. The van der Waals surface area contributed by atoms with Crippen molar-refractivity contribution in [3.8, 4) is 34.2 Å². The Morgan fingerprint density at radius 3 is 2.60 bits per heavy atom. The van der Waals surface area contributed by atoms with Gasteiger partial charge in [0.05, 0.1) is 47.5 Å². The maximum absolute atomic E-state index is 13.8. The van der Waals surface area contributed by atoms with Gasteiger partial charge in [-0.05, 0) is 43.2 Å². The second-order valence-electron chi connectivity index (χ2n) is 11.2. The first-order chi connectivity index (χ1) is 23.0. The van der Waals surface area contributed by atoms with Crippen LogP contribution in [0.3, 0.4) is 0 Å². The summed E-state index contributed by atoms with van der Waals surface area (Å²) in [6.45, 7) is 1.83. The minimum atomic E-state index is -4.69. The minimum absolute atomic E-state index is 0.167. The van der Waals surface area contributed by atoms with E-state index in [2.05, 4.69) is 45.9 Å². The van der Waals surface area contributed by atoms with Gasteiger partial charge in [-0.15, -0.1) is 5.10 Å². The smallest absolute Gasteiger partial charge is 0.323 e. The maximum Gasteiger partial charge on any atom is 0.436 e. The van der Waals surface area contributed by atoms with Gasteiger partial charge in [-0.1, -0.05) is 30.2 Å². The van der Waals surface area contributed by atoms with Crippen LogP contribution in [-0.2, 0) is 11.0 Å². The molecule has 0 saturated heterocycles. The van der Waals surface area contributed by atoms with E-state index in [0.717, 1.165) is 10.9 Å². The number of aromatic amines is 1. The lowest BCUT2D eigenvalue weighted by molar-refractivity contribution is -0.141. The molecule has 244 valence electrons. The van der Waals surface area contributed by atoms with Gasteiger partial charge in [-0.25, -0.2) is 19.4 Å². The molecule has 48 heavy (non-hydrogen) atoms. The lowest BCUT2D eigenvalue weighted by Crippen LogP contribution is -2.27. The van der Waals surface area contributed by atoms with E-state index >= 15 is 0 Å². The molecule has 18 heteroatoms. The van der Waals surface area contributed by atoms with Crippen molar-refractivity contribution in [2.45, 2.75) is 38.4 Å². The van der Waals surface area contributed by atoms with Gasteiger partial charge in [0.25, 0.3) is 5.56 Å². The van der Waals surface area contributed by atoms with Gasteiger partial charge in [0.2, 0.25) is 11.9 Å². The van der Waals surface area contributed by atoms with Crippen molar-refractivity contribution < 1.29 is 18.0 Å². The summed E-state index contributed by atoms with van der Waals surface area (Å²) < 4.78 is 43.6. The molecule has 0 aliphatic carbocycles. The normalized spacial score (nSPS) is 16.9. The van der Waals surface area contributed by atoms with Crippen LogP contribution in [0.25, 0.3) is 34.2 Å². The zero-order chi connectivity index (χ0) is 33.6. The minimum Gasteiger partial charge on any atom is -0.323 e. The van der Waals surface area contributed by atoms with E-state index in [1.165, 1.54) is 46.2 Å². The highest BCUT2D eigenvalue weighted by molar-refractivity contribution is 6.31. The van der Waals surface area contributed by atoms with Gasteiger partial charge in [0.1, 0.15) is 12.0 Å². The lowest BCUT2D eigenvalue weighted by atomic mass is 9.97. The van der Waals surface area contributed by atoms with E-state index in [0.29, 0.717) is 47.8 Å². The van der Waals surface area contributed by atoms with E-state index in [1.807, 2.05) is 6.92 Å². The number of pyridine rings is 1. The Kier molecular flexibility index (Phi) is 7.82. The number of carbonyl (C=O) groups excluding carboxylic acids is 1. The number of benzene rings is 1. The molecule has 14 nitrogen and oxygen atoms in total. The molecular formula is C30H24ClF3N12O2. The number of carbonyl (C=O) groups is 1. The average molecular weight is 677 g/mol. The van der Waals surface area contributed by atoms with Crippen molar-refractivity contribution in [3.05, 3.63) is 94.4 Å². The van der Waals surface area contributed by atoms with Crippen LogP contribution < -0.4 is 10.9 Å². The third kappa shape index (κ3) is 5.94. The molecule has 1 aromatic carbocycles. The number of hydrogen-bond donors (Lipinski definition) is 2. The second-order valence-corrected chi connectivity index (χ2v) is 11.6. The molecule has 0 saturated carbocycles. The van der Waals surface area contributed by atoms with Crippen LogP contribution in [0.2, 0.25) is 5.02 Å². The van der Waals surface area contributed by atoms with Gasteiger partial charge in [0, 0.05) is 34.3 Å². The second kappa shape index (κ2) is 12.1. The number of nitrogens with one attached hydrogen (secondary N) is 2. The first kappa shape index (κ1) is 30.9. The van der Waals surface area contributed by atoms with Crippen molar-refractivity contribution in [2.24, 2.45) is 5.92 Å². The van der Waals surface area contributed by atoms with Crippen LogP contribution in [0.5, 0.6) is 0 Å². The topological polar surface area (TPSA) is 167 Å². The molecule has 1 aliphatic rings. The predicted molar refractivity (Wildman–Crippen MR) is 165 cm³/mol. The number of alkyl halides is 3. The van der Waals surface area contributed by atoms with E-state index < -0.39 is 23.5 Å². The number of rotatable bonds is 4. The summed E-state index contributed by atoms with van der Waals surface area (Å²) in [5.41, 5.74) is 1.16. The lowest BCUT2D eigenvalue weighted by Gasteiger charge is -2.22. The largest absolute Gasteiger partial charge is 0.436 e. The van der Waals surface area contributed by atoms with Gasteiger partial charge < -0.3 is 5.32 Å². The zero-order valence-electron chi connectivity index (χ0n) is 24.9. The summed E-state index contributed by atoms with van der Waals surface area (Å²) in [5, 5.41) is 21.4. The fraction of sp³-hybridized carbons (Fsp3) is 0.233. The molecule has 1 amide bonds. The highest BCUT2D eigenvalue weighted by Gasteiger charge is 2.35. The highest BCUT2D eigenvalue weighted by Crippen LogP contribution is 2.34. The zero-order valence-corrected chi connectivity index (χ0v) is 25.7. The fourth-order valence-electron chi connectivity index (χ4n) is 5.52. The van der Waals surface area contributed by atoms with Crippen molar-refractivity contribution in [1.29, 1.82) is 0 Å². The summed E-state index contributed by atoms with van der Waals surface area (Å²) in [6.07, 6.45) is 3.58. The summed E-state index contributed by atoms with van der Waals surface area (Å²) in [6, 6.07) is 8.70. The molecule has 6 heterocycles. The molecule has 1 aliphatic heterocycles. The Bertz CT molecular complexity index is 2190. The Morgan fingerprint density at radius 2 is 1.85 bits per heavy atom. The van der Waals surface area contributed by atoms with Crippen LogP contribution in [0.15, 0.2) is 72.4 Å². The maximum atomic E-state index is 13.8. The Labute approximate surface area is 273 Å². The third-order valence-electron chi connectivity index (χ3n) is 7.99. The molecule has 6 aromatic rings. The van der Waals surface area contributed by atoms with Crippen LogP contribution in [0.4, 0.5) is 18.9 Å². The van der Waals surface area contributed by atoms with Crippen LogP contribution in [0, 0.1) is 5.92 Å². The van der Waals surface area contributed by atoms with E-state index in [9.17, 15) is 22.8 Å². The fourth-order valence-corrected chi connectivity index (χ4v) is 5.70. The Balaban J connectivity index is 1.29. The number of halogens is 4. The molecule has 5 aromatic heterocycles. The molecule has 2 unspecified atom stereocenters. The number of fused-ring (bicyclic) bond motifs is 4. The van der Waals surface area contributed by atoms with E-state index in [1.54, 1.807) is 24.5 Å². The van der Waals surface area contributed by atoms with E-state index in [-0.39, 0.29) is 33.8 Å². The van der Waals surface area contributed by atoms with Crippen LogP contribution in [0.1, 0.15) is 43.6 Å². The van der Waals surface area contributed by atoms with Crippen molar-refractivity contribution >= 4 is 23.2 Å². The molecule has 0 spiro atoms. The van der Waals surface area contributed by atoms with Gasteiger partial charge in [0.15, 0.2) is 5.69 Å². The summed E-state index contributed by atoms with van der Waals surface area (Å²) in [4.78, 5) is 40.2. The number of hydrogen-bond acceptors (Lipinski definition) is 9. The number of anilines is 1. The van der Waals surface area contributed by atoms with Gasteiger partial charge >= 0.3 is 6.18 Å². The van der Waals surface area contributed by atoms with Gasteiger partial charge in [-0.3, -0.25) is 19.1 Å². The summed E-state index contributed by atoms with van der Waals surface area (Å²) in [7, 11) is 0. The third-order valence-corrected chi connectivity index (χ3v) is 8.22. The average Bonchev–Trinajstić information content (AvgIpc) is 3.84. The first-order valence-electron chi connectivity index (χ1n) is 14.7. The van der Waals surface area contributed by atoms with Crippen molar-refractivity contribution in [2.75, 3.05) is 5.32 Å². The van der Waals surface area contributed by atoms with Crippen LogP contribution in [-0.4, -0.2) is 60.4 Å². The molecule has 2 N–H and O–H groups in total. The number of aromatic nitrogens is 11. The SMILES string of the molecule is CC1CCCC(n2cnc(-c3cc(Cl)ccc3-n3cc(C(F)(F)F)nn3)cc2=O)c2cc(ccn2)-c2nn(-c3ncn[nH]3)cc2NC1=O. The molecule has 0 radical (unpaired) electrons. The van der Waals surface area contributed by atoms with Crippen molar-refractivity contribution in [3.63, 3.8) is 0 Å². The number of nitrogens with zero attached hydrogens (tertiary/aromatic N) is 10. The molecule has 2 bridgehead atoms. The molecule has 0 fully saturated rings. The molecule has 7 rings (SSSR count). The Hall–Kier alpha value is -5.71. The predicted octanol–water partition coefficient (Wildman–Crippen LogP) is 4.88. The van der Waals surface area contributed by atoms with Crippen molar-refractivity contribution in [1.82, 2.24) is 54.5 Å². The monoisotopic (exact) mass is 676 g/mol.